The van der Waals surface area contributed by atoms with Crippen LogP contribution in [-0.2, 0) is 9.53 Å². The summed E-state index contributed by atoms with van der Waals surface area (Å²) < 4.78 is 5.75. The van der Waals surface area contributed by atoms with E-state index < -0.39 is 5.54 Å². The van der Waals surface area contributed by atoms with Gasteiger partial charge in [0.15, 0.2) is 0 Å². The second-order valence-corrected chi connectivity index (χ2v) is 5.80. The Morgan fingerprint density at radius 1 is 1.39 bits per heavy atom. The van der Waals surface area contributed by atoms with Crippen LogP contribution in [0.3, 0.4) is 0 Å². The minimum Gasteiger partial charge on any atom is -0.373 e. The van der Waals surface area contributed by atoms with Crippen molar-refractivity contribution in [3.63, 3.8) is 0 Å². The average molecular weight is 255 g/mol. The average Bonchev–Trinajstić information content (AvgIpc) is 2.73. The third-order valence-corrected chi connectivity index (χ3v) is 4.40. The molecule has 2 aliphatic rings. The van der Waals surface area contributed by atoms with Crippen LogP contribution in [-0.4, -0.2) is 54.7 Å². The number of rotatable bonds is 3. The topological polar surface area (TPSA) is 67.6 Å². The van der Waals surface area contributed by atoms with Crippen LogP contribution in [0.5, 0.6) is 0 Å². The molecule has 5 heteroatoms. The van der Waals surface area contributed by atoms with E-state index in [-0.39, 0.29) is 18.1 Å². The number of hydrogen-bond donors (Lipinski definition) is 2. The highest BCUT2D eigenvalue weighted by atomic mass is 16.5. The van der Waals surface area contributed by atoms with Gasteiger partial charge in [-0.3, -0.25) is 9.69 Å². The van der Waals surface area contributed by atoms with Crippen LogP contribution in [0, 0.1) is 0 Å². The zero-order valence-corrected chi connectivity index (χ0v) is 11.6. The van der Waals surface area contributed by atoms with Crippen molar-refractivity contribution in [2.75, 3.05) is 20.1 Å². The summed E-state index contributed by atoms with van der Waals surface area (Å²) in [6, 6.07) is 0.443. The highest BCUT2D eigenvalue weighted by Crippen LogP contribution is 2.34. The molecule has 1 saturated carbocycles. The van der Waals surface area contributed by atoms with E-state index in [4.69, 9.17) is 10.5 Å². The normalized spacial score (nSPS) is 42.1. The van der Waals surface area contributed by atoms with Crippen LogP contribution >= 0.6 is 0 Å². The maximum Gasteiger partial charge on any atom is 0.237 e. The van der Waals surface area contributed by atoms with Gasteiger partial charge in [-0.1, -0.05) is 0 Å². The van der Waals surface area contributed by atoms with Gasteiger partial charge >= 0.3 is 0 Å². The molecule has 5 nitrogen and oxygen atoms in total. The van der Waals surface area contributed by atoms with Gasteiger partial charge in [0, 0.05) is 19.1 Å². The van der Waals surface area contributed by atoms with Gasteiger partial charge in [0.2, 0.25) is 5.91 Å². The molecule has 1 amide bonds. The Morgan fingerprint density at radius 3 is 2.44 bits per heavy atom. The van der Waals surface area contributed by atoms with Gasteiger partial charge in [-0.15, -0.1) is 0 Å². The fourth-order valence-electron chi connectivity index (χ4n) is 3.42. The molecule has 2 fully saturated rings. The molecule has 0 spiro atoms. The van der Waals surface area contributed by atoms with Gasteiger partial charge in [-0.05, 0) is 40.2 Å². The molecule has 18 heavy (non-hydrogen) atoms. The Hall–Kier alpha value is -0.650. The predicted octanol–water partition coefficient (Wildman–Crippen LogP) is 0.0916. The number of ether oxygens (including phenoxy) is 1. The first-order valence-corrected chi connectivity index (χ1v) is 6.85. The lowest BCUT2D eigenvalue weighted by Gasteiger charge is -2.39. The monoisotopic (exact) mass is 255 g/mol. The Balaban J connectivity index is 2.02. The highest BCUT2D eigenvalue weighted by Gasteiger charge is 2.45. The predicted molar refractivity (Wildman–Crippen MR) is 70.2 cm³/mol. The summed E-state index contributed by atoms with van der Waals surface area (Å²) in [5.74, 6) is -0.221. The minimum absolute atomic E-state index is 0.221. The van der Waals surface area contributed by atoms with E-state index in [1.54, 1.807) is 0 Å². The lowest BCUT2D eigenvalue weighted by atomic mass is 9.96. The van der Waals surface area contributed by atoms with Crippen LogP contribution in [0.25, 0.3) is 0 Å². The first-order chi connectivity index (χ1) is 8.47. The van der Waals surface area contributed by atoms with Gasteiger partial charge in [0.1, 0.15) is 0 Å². The molecule has 3 N–H and O–H groups in total. The molecule has 2 rings (SSSR count). The maximum absolute atomic E-state index is 11.6. The van der Waals surface area contributed by atoms with Crippen LogP contribution in [0.15, 0.2) is 0 Å². The van der Waals surface area contributed by atoms with Crippen molar-refractivity contribution in [1.82, 2.24) is 10.2 Å². The molecule has 1 aliphatic heterocycles. The minimum atomic E-state index is -0.505. The number of amides is 1. The van der Waals surface area contributed by atoms with Crippen molar-refractivity contribution >= 4 is 5.91 Å². The molecule has 0 radical (unpaired) electrons. The molecule has 1 saturated heterocycles. The van der Waals surface area contributed by atoms with Gasteiger partial charge in [0.25, 0.3) is 0 Å². The van der Waals surface area contributed by atoms with E-state index in [0.29, 0.717) is 6.04 Å². The molecule has 104 valence electrons. The zero-order chi connectivity index (χ0) is 13.3. The number of likely N-dealkylation sites (N-methyl/N-ethyl adjacent to an activating group) is 1. The van der Waals surface area contributed by atoms with E-state index >= 15 is 0 Å². The Kier molecular flexibility index (Phi) is 3.94. The van der Waals surface area contributed by atoms with E-state index in [9.17, 15) is 4.79 Å². The third-order valence-electron chi connectivity index (χ3n) is 4.40. The summed E-state index contributed by atoms with van der Waals surface area (Å²) in [6.45, 7) is 6.12. The summed E-state index contributed by atoms with van der Waals surface area (Å²) >= 11 is 0. The fourth-order valence-corrected chi connectivity index (χ4v) is 3.42. The molecule has 1 aliphatic carbocycles. The molecule has 0 aromatic heterocycles. The molecule has 0 bridgehead atoms. The van der Waals surface area contributed by atoms with E-state index in [1.165, 1.54) is 0 Å². The number of carbonyl (C=O) groups excluding carboxylic acids is 1. The quantitative estimate of drug-likeness (QED) is 0.750. The van der Waals surface area contributed by atoms with Crippen LogP contribution in [0.4, 0.5) is 0 Å². The highest BCUT2D eigenvalue weighted by molar-refractivity contribution is 5.85. The maximum atomic E-state index is 11.6. The molecular formula is C13H25N3O2. The van der Waals surface area contributed by atoms with E-state index in [0.717, 1.165) is 32.4 Å². The van der Waals surface area contributed by atoms with Crippen molar-refractivity contribution < 1.29 is 9.53 Å². The Labute approximate surface area is 109 Å². The number of carbonyl (C=O) groups is 1. The lowest BCUT2D eigenvalue weighted by Crippen LogP contribution is -2.54. The number of morpholine rings is 1. The SMILES string of the molecule is CNC1(C(N)=O)CCC(N2CC(C)OC(C)C2)C1. The third kappa shape index (κ3) is 2.53. The van der Waals surface area contributed by atoms with Crippen molar-refractivity contribution in [3.05, 3.63) is 0 Å². The molecule has 0 aromatic carbocycles. The number of nitrogens with zero attached hydrogens (tertiary/aromatic N) is 1. The largest absolute Gasteiger partial charge is 0.373 e. The van der Waals surface area contributed by atoms with Gasteiger partial charge < -0.3 is 15.8 Å². The van der Waals surface area contributed by atoms with Gasteiger partial charge in [0.05, 0.1) is 17.7 Å². The van der Waals surface area contributed by atoms with Gasteiger partial charge in [-0.2, -0.15) is 0 Å². The molecule has 4 atom stereocenters. The van der Waals surface area contributed by atoms with Crippen LogP contribution < -0.4 is 11.1 Å². The van der Waals surface area contributed by atoms with Crippen LogP contribution in [0.2, 0.25) is 0 Å². The number of nitrogens with two attached hydrogens (primary N) is 1. The Morgan fingerprint density at radius 2 is 2.00 bits per heavy atom. The molecule has 0 aromatic rings. The summed E-state index contributed by atoms with van der Waals surface area (Å²) in [5, 5.41) is 3.14. The second kappa shape index (κ2) is 5.15. The standard InChI is InChI=1S/C13H25N3O2/c1-9-7-16(8-10(2)18-9)11-4-5-13(6-11,15-3)12(14)17/h9-11,15H,4-8H2,1-3H3,(H2,14,17). The van der Waals surface area contributed by atoms with Gasteiger partial charge in [-0.25, -0.2) is 0 Å². The Bertz CT molecular complexity index is 313. The van der Waals surface area contributed by atoms with Crippen molar-refractivity contribution in [3.8, 4) is 0 Å². The number of hydrogen-bond acceptors (Lipinski definition) is 4. The number of nitrogens with one attached hydrogen (secondary N) is 1. The fraction of sp³-hybridized carbons (Fsp3) is 0.923. The first-order valence-electron chi connectivity index (χ1n) is 6.85. The smallest absolute Gasteiger partial charge is 0.237 e. The summed E-state index contributed by atoms with van der Waals surface area (Å²) in [7, 11) is 1.83. The zero-order valence-electron chi connectivity index (χ0n) is 11.6. The molecule has 4 unspecified atom stereocenters. The summed E-state index contributed by atoms with van der Waals surface area (Å²) in [4.78, 5) is 14.1. The number of primary amides is 1. The molecular weight excluding hydrogens is 230 g/mol. The van der Waals surface area contributed by atoms with Crippen LogP contribution in [0.1, 0.15) is 33.1 Å². The van der Waals surface area contributed by atoms with E-state index in [2.05, 4.69) is 24.1 Å². The summed E-state index contributed by atoms with van der Waals surface area (Å²) in [5.41, 5.74) is 5.04. The lowest BCUT2D eigenvalue weighted by molar-refractivity contribution is -0.124. The van der Waals surface area contributed by atoms with Crippen molar-refractivity contribution in [1.29, 1.82) is 0 Å². The van der Waals surface area contributed by atoms with Crippen molar-refractivity contribution in [2.45, 2.75) is 56.9 Å². The van der Waals surface area contributed by atoms with Crippen molar-refractivity contribution in [2.24, 2.45) is 5.73 Å². The second-order valence-electron chi connectivity index (χ2n) is 5.80. The molecule has 1 heterocycles. The van der Waals surface area contributed by atoms with E-state index in [1.807, 2.05) is 7.05 Å². The summed E-state index contributed by atoms with van der Waals surface area (Å²) in [6.07, 6.45) is 3.23. The first kappa shape index (κ1) is 13.8.